The summed E-state index contributed by atoms with van der Waals surface area (Å²) >= 11 is 0. The Labute approximate surface area is 148 Å². The van der Waals surface area contributed by atoms with Gasteiger partial charge in [0.2, 0.25) is 0 Å². The molecule has 25 heavy (non-hydrogen) atoms. The summed E-state index contributed by atoms with van der Waals surface area (Å²) in [7, 11) is 0. The van der Waals surface area contributed by atoms with Crippen LogP contribution >= 0.6 is 0 Å². The van der Waals surface area contributed by atoms with Crippen molar-refractivity contribution in [3.8, 4) is 0 Å². The van der Waals surface area contributed by atoms with Crippen molar-refractivity contribution in [1.82, 2.24) is 0 Å². The van der Waals surface area contributed by atoms with Gasteiger partial charge in [-0.1, -0.05) is 30.3 Å². The van der Waals surface area contributed by atoms with Crippen molar-refractivity contribution in [2.24, 2.45) is 0 Å². The smallest absolute Gasteiger partial charge is 0.331 e. The van der Waals surface area contributed by atoms with Gasteiger partial charge >= 0.3 is 5.97 Å². The maximum Gasteiger partial charge on any atom is 0.331 e. The summed E-state index contributed by atoms with van der Waals surface area (Å²) in [5, 5.41) is 0. The van der Waals surface area contributed by atoms with Crippen LogP contribution in [0, 0.1) is 0 Å². The predicted octanol–water partition coefficient (Wildman–Crippen LogP) is 4.74. The number of allylic oxidation sites excluding steroid dienone is 4. The largest absolute Gasteiger partial charge is 0.456 e. The Balaban J connectivity index is 1.51. The molecule has 3 rings (SSSR count). The van der Waals surface area contributed by atoms with E-state index in [1.54, 1.807) is 6.08 Å². The summed E-state index contributed by atoms with van der Waals surface area (Å²) in [6.07, 6.45) is 12.8. The highest BCUT2D eigenvalue weighted by molar-refractivity contribution is 5.87. The van der Waals surface area contributed by atoms with Gasteiger partial charge in [0, 0.05) is 18.9 Å². The van der Waals surface area contributed by atoms with Crippen LogP contribution in [0.4, 0.5) is 0 Å². The minimum atomic E-state index is -0.581. The molecule has 0 heterocycles. The summed E-state index contributed by atoms with van der Waals surface area (Å²) in [6, 6.07) is 9.64. The van der Waals surface area contributed by atoms with Crippen molar-refractivity contribution >= 4 is 12.0 Å². The second-order valence-electron chi connectivity index (χ2n) is 6.16. The summed E-state index contributed by atoms with van der Waals surface area (Å²) in [5.41, 5.74) is 0.954. The molecule has 0 radical (unpaired) electrons. The number of rotatable bonds is 8. The molecule has 2 aliphatic rings. The molecular formula is C21H24O4. The zero-order chi connectivity index (χ0) is 17.3. The number of carbonyl (C=O) groups is 1. The Morgan fingerprint density at radius 2 is 1.64 bits per heavy atom. The number of benzene rings is 1. The lowest BCUT2D eigenvalue weighted by Crippen LogP contribution is -2.24. The van der Waals surface area contributed by atoms with Crippen molar-refractivity contribution in [3.63, 3.8) is 0 Å². The van der Waals surface area contributed by atoms with Crippen molar-refractivity contribution < 1.29 is 19.0 Å². The first-order valence-corrected chi connectivity index (χ1v) is 8.91. The molecule has 4 nitrogen and oxygen atoms in total. The Kier molecular flexibility index (Phi) is 6.32. The highest BCUT2D eigenvalue weighted by Gasteiger charge is 2.20. The molecule has 0 spiro atoms. The normalized spacial score (nSPS) is 16.8. The molecule has 0 saturated carbocycles. The first-order valence-electron chi connectivity index (χ1n) is 8.91. The van der Waals surface area contributed by atoms with E-state index in [4.69, 9.17) is 14.2 Å². The number of carbonyl (C=O) groups excluding carboxylic acids is 1. The lowest BCUT2D eigenvalue weighted by Gasteiger charge is -2.21. The third-order valence-electron chi connectivity index (χ3n) is 4.14. The summed E-state index contributed by atoms with van der Waals surface area (Å²) in [4.78, 5) is 11.9. The van der Waals surface area contributed by atoms with Crippen LogP contribution in [0.25, 0.3) is 6.08 Å². The Morgan fingerprint density at radius 3 is 2.20 bits per heavy atom. The van der Waals surface area contributed by atoms with Crippen LogP contribution in [0.2, 0.25) is 0 Å². The average molecular weight is 340 g/mol. The second-order valence-corrected chi connectivity index (χ2v) is 6.16. The molecule has 0 aromatic heterocycles. The predicted molar refractivity (Wildman–Crippen MR) is 96.3 cm³/mol. The van der Waals surface area contributed by atoms with Crippen molar-refractivity contribution in [3.05, 3.63) is 65.6 Å². The summed E-state index contributed by atoms with van der Waals surface area (Å²) in [6.45, 7) is 0.0760. The minimum Gasteiger partial charge on any atom is -0.456 e. The number of hydrogen-bond acceptors (Lipinski definition) is 4. The van der Waals surface area contributed by atoms with Gasteiger partial charge in [0.15, 0.2) is 6.61 Å². The first-order chi connectivity index (χ1) is 12.3. The highest BCUT2D eigenvalue weighted by Crippen LogP contribution is 2.24. The molecule has 2 aliphatic carbocycles. The van der Waals surface area contributed by atoms with Gasteiger partial charge in [-0.05, 0) is 49.5 Å². The molecule has 0 saturated heterocycles. The summed E-state index contributed by atoms with van der Waals surface area (Å²) in [5.74, 6) is 1.46. The standard InChI is InChI=1S/C21H24O4/c22-20(15-14-17-8-2-1-3-9-17)23-16-21(24-18-10-4-5-11-18)25-19-12-6-7-13-19/h1-3,8-10,12,14-15,21H,4-7,11,13,16H2. The Morgan fingerprint density at radius 1 is 1.00 bits per heavy atom. The van der Waals surface area contributed by atoms with Crippen LogP contribution in [0.15, 0.2) is 60.1 Å². The van der Waals surface area contributed by atoms with Crippen LogP contribution in [-0.4, -0.2) is 18.9 Å². The monoisotopic (exact) mass is 340 g/mol. The number of esters is 1. The van der Waals surface area contributed by atoms with Gasteiger partial charge in [-0.15, -0.1) is 0 Å². The second kappa shape index (κ2) is 9.11. The van der Waals surface area contributed by atoms with Gasteiger partial charge in [0.1, 0.15) is 0 Å². The molecule has 0 atom stereocenters. The molecule has 1 aromatic rings. The quantitative estimate of drug-likeness (QED) is 0.390. The average Bonchev–Trinajstić information content (AvgIpc) is 3.33. The topological polar surface area (TPSA) is 44.8 Å². The van der Waals surface area contributed by atoms with E-state index >= 15 is 0 Å². The fourth-order valence-electron chi connectivity index (χ4n) is 2.85. The Hall–Kier alpha value is -2.49. The van der Waals surface area contributed by atoms with Crippen LogP contribution in [-0.2, 0) is 19.0 Å². The minimum absolute atomic E-state index is 0.0760. The van der Waals surface area contributed by atoms with Gasteiger partial charge in [-0.3, -0.25) is 0 Å². The molecule has 0 unspecified atom stereocenters. The molecular weight excluding hydrogens is 316 g/mol. The fourth-order valence-corrected chi connectivity index (χ4v) is 2.85. The molecule has 132 valence electrons. The zero-order valence-corrected chi connectivity index (χ0v) is 14.4. The van der Waals surface area contributed by atoms with E-state index in [1.165, 1.54) is 6.08 Å². The van der Waals surface area contributed by atoms with Crippen molar-refractivity contribution in [2.45, 2.75) is 44.8 Å². The van der Waals surface area contributed by atoms with Crippen LogP contribution in [0.3, 0.4) is 0 Å². The Bertz CT molecular complexity index is 632. The lowest BCUT2D eigenvalue weighted by atomic mass is 10.2. The molecule has 0 bridgehead atoms. The van der Waals surface area contributed by atoms with E-state index in [0.29, 0.717) is 0 Å². The van der Waals surface area contributed by atoms with Gasteiger partial charge in [0.25, 0.3) is 6.29 Å². The maximum absolute atomic E-state index is 11.9. The van der Waals surface area contributed by atoms with Gasteiger partial charge in [-0.2, -0.15) is 0 Å². The first kappa shape index (κ1) is 17.3. The SMILES string of the molecule is O=C(C=Cc1ccccc1)OCC(OC1=CCCC1)OC1=CCCC1. The van der Waals surface area contributed by atoms with E-state index in [2.05, 4.69) is 12.2 Å². The molecule has 0 N–H and O–H groups in total. The lowest BCUT2D eigenvalue weighted by molar-refractivity contribution is -0.158. The van der Waals surface area contributed by atoms with Crippen molar-refractivity contribution in [1.29, 1.82) is 0 Å². The van der Waals surface area contributed by atoms with Gasteiger partial charge in [-0.25, -0.2) is 4.79 Å². The fraction of sp³-hybridized carbons (Fsp3) is 0.381. The third-order valence-corrected chi connectivity index (χ3v) is 4.14. The third kappa shape index (κ3) is 5.82. The molecule has 0 amide bonds. The maximum atomic E-state index is 11.9. The van der Waals surface area contributed by atoms with Crippen LogP contribution in [0.1, 0.15) is 44.1 Å². The van der Waals surface area contributed by atoms with E-state index < -0.39 is 12.3 Å². The molecule has 0 aliphatic heterocycles. The van der Waals surface area contributed by atoms with Gasteiger partial charge < -0.3 is 14.2 Å². The van der Waals surface area contributed by atoms with Crippen LogP contribution < -0.4 is 0 Å². The number of hydrogen-bond donors (Lipinski definition) is 0. The summed E-state index contributed by atoms with van der Waals surface area (Å²) < 4.78 is 17.1. The zero-order valence-electron chi connectivity index (χ0n) is 14.4. The highest BCUT2D eigenvalue weighted by atomic mass is 16.7. The van der Waals surface area contributed by atoms with Gasteiger partial charge in [0.05, 0.1) is 11.5 Å². The molecule has 0 fully saturated rings. The van der Waals surface area contributed by atoms with E-state index in [9.17, 15) is 4.79 Å². The molecule has 1 aromatic carbocycles. The van der Waals surface area contributed by atoms with Crippen molar-refractivity contribution in [2.75, 3.05) is 6.61 Å². The number of ether oxygens (including phenoxy) is 3. The molecule has 4 heteroatoms. The van der Waals surface area contributed by atoms with E-state index in [1.807, 2.05) is 30.3 Å². The van der Waals surface area contributed by atoms with E-state index in [-0.39, 0.29) is 6.61 Å². The van der Waals surface area contributed by atoms with E-state index in [0.717, 1.165) is 55.6 Å². The van der Waals surface area contributed by atoms with Crippen LogP contribution in [0.5, 0.6) is 0 Å².